The number of carbonyl (C=O) groups is 1. The fourth-order valence-electron chi connectivity index (χ4n) is 5.72. The van der Waals surface area contributed by atoms with E-state index in [0.717, 1.165) is 54.7 Å². The highest BCUT2D eigenvalue weighted by molar-refractivity contribution is 5.98. The lowest BCUT2D eigenvalue weighted by atomic mass is 9.48. The van der Waals surface area contributed by atoms with Crippen LogP contribution in [-0.4, -0.2) is 12.4 Å². The lowest BCUT2D eigenvalue weighted by Crippen LogP contribution is -2.49. The van der Waals surface area contributed by atoms with Gasteiger partial charge in [0.05, 0.1) is 6.61 Å². The number of carbonyl (C=O) groups excluding carboxylic acids is 1. The van der Waals surface area contributed by atoms with Gasteiger partial charge in [-0.3, -0.25) is 4.79 Å². The highest BCUT2D eigenvalue weighted by atomic mass is 16.5. The van der Waals surface area contributed by atoms with Crippen molar-refractivity contribution >= 4 is 11.9 Å². The number of para-hydroxylation sites is 1. The molecule has 128 valence electrons. The van der Waals surface area contributed by atoms with Gasteiger partial charge in [-0.05, 0) is 80.9 Å². The highest BCUT2D eigenvalue weighted by Crippen LogP contribution is 2.60. The third-order valence-electron chi connectivity index (χ3n) is 6.36. The average Bonchev–Trinajstić information content (AvgIpc) is 2.57. The van der Waals surface area contributed by atoms with Crippen molar-refractivity contribution < 1.29 is 9.53 Å². The lowest BCUT2D eigenvalue weighted by Gasteiger charge is -2.55. The summed E-state index contributed by atoms with van der Waals surface area (Å²) in [4.78, 5) is 13.1. The molecule has 1 aromatic carbocycles. The Morgan fingerprint density at radius 2 is 1.75 bits per heavy atom. The zero-order chi connectivity index (χ0) is 16.6. The van der Waals surface area contributed by atoms with E-state index < -0.39 is 0 Å². The minimum Gasteiger partial charge on any atom is -0.493 e. The molecule has 0 saturated heterocycles. The second-order valence-corrected chi connectivity index (χ2v) is 8.28. The number of hydrogen-bond acceptors (Lipinski definition) is 2. The van der Waals surface area contributed by atoms with Gasteiger partial charge in [-0.2, -0.15) is 0 Å². The van der Waals surface area contributed by atoms with Crippen LogP contribution in [0.1, 0.15) is 57.4 Å². The number of benzene rings is 1. The van der Waals surface area contributed by atoms with Crippen molar-refractivity contribution in [3.8, 4) is 5.75 Å². The first kappa shape index (κ1) is 15.9. The third kappa shape index (κ3) is 2.92. The number of allylic oxidation sites excluding steroid dienone is 1. The zero-order valence-corrected chi connectivity index (χ0v) is 14.7. The van der Waals surface area contributed by atoms with Gasteiger partial charge in [-0.1, -0.05) is 25.1 Å². The second kappa shape index (κ2) is 6.38. The van der Waals surface area contributed by atoms with E-state index in [9.17, 15) is 4.79 Å². The van der Waals surface area contributed by atoms with Gasteiger partial charge in [0.25, 0.3) is 0 Å². The summed E-state index contributed by atoms with van der Waals surface area (Å²) < 4.78 is 5.81. The Hall–Kier alpha value is -1.57. The molecule has 4 aliphatic rings. The summed E-state index contributed by atoms with van der Waals surface area (Å²) in [6.45, 7) is 2.82. The predicted molar refractivity (Wildman–Crippen MR) is 96.9 cm³/mol. The molecule has 0 aliphatic heterocycles. The van der Waals surface area contributed by atoms with E-state index in [0.29, 0.717) is 12.4 Å². The normalized spacial score (nSPS) is 34.0. The van der Waals surface area contributed by atoms with E-state index in [2.05, 4.69) is 6.92 Å². The van der Waals surface area contributed by atoms with Gasteiger partial charge < -0.3 is 4.74 Å². The lowest BCUT2D eigenvalue weighted by molar-refractivity contribution is -0.138. The maximum absolute atomic E-state index is 13.1. The average molecular weight is 324 g/mol. The van der Waals surface area contributed by atoms with Crippen LogP contribution in [0, 0.1) is 23.2 Å². The Bertz CT molecular complexity index is 608. The summed E-state index contributed by atoms with van der Waals surface area (Å²) in [6.07, 6.45) is 12.4. The largest absolute Gasteiger partial charge is 0.493 e. The Morgan fingerprint density at radius 1 is 1.12 bits per heavy atom. The Balaban J connectivity index is 1.51. The molecule has 4 fully saturated rings. The molecule has 1 aromatic rings. The van der Waals surface area contributed by atoms with Crippen LogP contribution in [-0.2, 0) is 4.79 Å². The van der Waals surface area contributed by atoms with Crippen molar-refractivity contribution in [2.45, 2.75) is 51.9 Å². The van der Waals surface area contributed by atoms with Crippen molar-refractivity contribution in [1.29, 1.82) is 0 Å². The van der Waals surface area contributed by atoms with Crippen molar-refractivity contribution in [2.24, 2.45) is 23.2 Å². The molecule has 0 N–H and O–H groups in total. The smallest absolute Gasteiger partial charge is 0.161 e. The minimum atomic E-state index is -0.0372. The molecule has 0 spiro atoms. The Labute approximate surface area is 145 Å². The number of ketones is 1. The van der Waals surface area contributed by atoms with Gasteiger partial charge in [-0.15, -0.1) is 0 Å². The van der Waals surface area contributed by atoms with Crippen molar-refractivity contribution in [3.05, 3.63) is 35.9 Å². The quantitative estimate of drug-likeness (QED) is 0.666. The molecular weight excluding hydrogens is 296 g/mol. The van der Waals surface area contributed by atoms with E-state index in [-0.39, 0.29) is 5.41 Å². The van der Waals surface area contributed by atoms with Crippen LogP contribution in [0.4, 0.5) is 0 Å². The standard InChI is InChI=1S/C22H28O2/c1-2-9-24-20-6-4-3-5-19(20)7-8-21(23)22-13-16-10-17(14-22)12-18(11-16)15-22/h3-8,16-18H,2,9-15H2,1H3/b8-7+. The topological polar surface area (TPSA) is 26.3 Å². The molecule has 24 heavy (non-hydrogen) atoms. The monoisotopic (exact) mass is 324 g/mol. The molecule has 0 radical (unpaired) electrons. The van der Waals surface area contributed by atoms with Gasteiger partial charge in [0, 0.05) is 11.0 Å². The van der Waals surface area contributed by atoms with Gasteiger partial charge in [0.1, 0.15) is 5.75 Å². The summed E-state index contributed by atoms with van der Waals surface area (Å²) in [5.41, 5.74) is 0.980. The van der Waals surface area contributed by atoms with E-state index in [1.165, 1.54) is 19.3 Å². The molecule has 0 atom stereocenters. The first-order valence-electron chi connectivity index (χ1n) is 9.63. The maximum Gasteiger partial charge on any atom is 0.161 e. The summed E-state index contributed by atoms with van der Waals surface area (Å²) in [7, 11) is 0. The molecule has 5 rings (SSSR count). The molecule has 4 aliphatic carbocycles. The molecule has 0 unspecified atom stereocenters. The molecule has 0 amide bonds. The van der Waals surface area contributed by atoms with Crippen LogP contribution in [0.15, 0.2) is 30.3 Å². The van der Waals surface area contributed by atoms with Gasteiger partial charge in [0.15, 0.2) is 5.78 Å². The van der Waals surface area contributed by atoms with Gasteiger partial charge >= 0.3 is 0 Å². The molecule has 2 nitrogen and oxygen atoms in total. The molecule has 4 bridgehead atoms. The predicted octanol–water partition coefficient (Wildman–Crippen LogP) is 5.27. The van der Waals surface area contributed by atoms with Crippen molar-refractivity contribution in [1.82, 2.24) is 0 Å². The third-order valence-corrected chi connectivity index (χ3v) is 6.36. The van der Waals surface area contributed by atoms with E-state index >= 15 is 0 Å². The minimum absolute atomic E-state index is 0.0372. The maximum atomic E-state index is 13.1. The van der Waals surface area contributed by atoms with E-state index in [1.807, 2.05) is 36.4 Å². The summed E-state index contributed by atoms with van der Waals surface area (Å²) in [5, 5.41) is 0. The molecule has 0 heterocycles. The fraction of sp³-hybridized carbons (Fsp3) is 0.591. The second-order valence-electron chi connectivity index (χ2n) is 8.28. The van der Waals surface area contributed by atoms with Crippen LogP contribution >= 0.6 is 0 Å². The van der Waals surface area contributed by atoms with Crippen molar-refractivity contribution in [2.75, 3.05) is 6.61 Å². The fourth-order valence-corrected chi connectivity index (χ4v) is 5.72. The number of rotatable bonds is 6. The highest BCUT2D eigenvalue weighted by Gasteiger charge is 2.53. The van der Waals surface area contributed by atoms with Crippen LogP contribution in [0.2, 0.25) is 0 Å². The zero-order valence-electron chi connectivity index (χ0n) is 14.7. The Kier molecular flexibility index (Phi) is 4.24. The number of hydrogen-bond donors (Lipinski definition) is 0. The summed E-state index contributed by atoms with van der Waals surface area (Å²) in [5.74, 6) is 3.69. The van der Waals surface area contributed by atoms with Crippen LogP contribution in [0.25, 0.3) is 6.08 Å². The van der Waals surface area contributed by atoms with Crippen LogP contribution < -0.4 is 4.74 Å². The first-order valence-corrected chi connectivity index (χ1v) is 9.63. The van der Waals surface area contributed by atoms with Gasteiger partial charge in [0.2, 0.25) is 0 Å². The summed E-state index contributed by atoms with van der Waals surface area (Å²) >= 11 is 0. The van der Waals surface area contributed by atoms with Crippen LogP contribution in [0.5, 0.6) is 5.75 Å². The van der Waals surface area contributed by atoms with E-state index in [1.54, 1.807) is 0 Å². The molecule has 0 aromatic heterocycles. The Morgan fingerprint density at radius 3 is 2.38 bits per heavy atom. The summed E-state index contributed by atoms with van der Waals surface area (Å²) in [6, 6.07) is 8.02. The van der Waals surface area contributed by atoms with Gasteiger partial charge in [-0.25, -0.2) is 0 Å². The van der Waals surface area contributed by atoms with Crippen LogP contribution in [0.3, 0.4) is 0 Å². The molecular formula is C22H28O2. The first-order chi connectivity index (χ1) is 11.7. The van der Waals surface area contributed by atoms with E-state index in [4.69, 9.17) is 4.74 Å². The molecule has 4 saturated carbocycles. The van der Waals surface area contributed by atoms with Crippen molar-refractivity contribution in [3.63, 3.8) is 0 Å². The molecule has 2 heteroatoms. The number of ether oxygens (including phenoxy) is 1. The SMILES string of the molecule is CCCOc1ccccc1/C=C/C(=O)C12CC3CC(CC(C3)C1)C2.